The van der Waals surface area contributed by atoms with Gasteiger partial charge in [-0.15, -0.1) is 0 Å². The van der Waals surface area contributed by atoms with Crippen molar-refractivity contribution in [3.63, 3.8) is 0 Å². The molecule has 0 aliphatic carbocycles. The number of rotatable bonds is 9. The third-order valence-corrected chi connectivity index (χ3v) is 11.3. The summed E-state index contributed by atoms with van der Waals surface area (Å²) in [6, 6.07) is 52.4. The maximum Gasteiger partial charge on any atom is 0.137 e. The van der Waals surface area contributed by atoms with Gasteiger partial charge in [-0.1, -0.05) is 113 Å². The minimum Gasteiger partial charge on any atom is -0.457 e. The molecule has 3 heterocycles. The van der Waals surface area contributed by atoms with Crippen molar-refractivity contribution in [2.24, 2.45) is 5.92 Å². The smallest absolute Gasteiger partial charge is 0.137 e. The normalized spacial score (nSPS) is 12.9. The standard InChI is InChI=1S/C52H50N4O/c1-35(2)29-37-27-28-53-50(30-37)56-46-18-8-7-17-44(46)45-26-25-43(32-49(45)56)57-42-16-12-15-41(31-42)55-34-54(47-19-9-10-20-48(47)55)33-39-14-11-13-36(3)51(39)38-21-23-40(24-22-38)52(4,5)6/h7-28,30-32,35H,29,33-34H2,1-6H3. The number of aryl methyl sites for hydroxylation is 1. The van der Waals surface area contributed by atoms with Crippen molar-refractivity contribution < 1.29 is 4.74 Å². The number of para-hydroxylation sites is 3. The first kappa shape index (κ1) is 36.3. The average molecular weight is 747 g/mol. The second-order valence-corrected chi connectivity index (χ2v) is 16.9. The Bertz CT molecular complexity index is 2740. The summed E-state index contributed by atoms with van der Waals surface area (Å²) < 4.78 is 8.97. The van der Waals surface area contributed by atoms with E-state index in [0.717, 1.165) is 53.7 Å². The lowest BCUT2D eigenvalue weighted by Crippen LogP contribution is -2.27. The van der Waals surface area contributed by atoms with Gasteiger partial charge >= 0.3 is 0 Å². The third-order valence-electron chi connectivity index (χ3n) is 11.3. The molecule has 0 saturated heterocycles. The van der Waals surface area contributed by atoms with Crippen molar-refractivity contribution >= 4 is 38.9 Å². The van der Waals surface area contributed by atoms with E-state index in [1.165, 1.54) is 55.5 Å². The van der Waals surface area contributed by atoms with Gasteiger partial charge in [-0.3, -0.25) is 4.57 Å². The maximum atomic E-state index is 6.69. The van der Waals surface area contributed by atoms with Crippen LogP contribution >= 0.6 is 0 Å². The molecule has 284 valence electrons. The van der Waals surface area contributed by atoms with Crippen LogP contribution in [-0.2, 0) is 18.4 Å². The summed E-state index contributed by atoms with van der Waals surface area (Å²) in [5, 5.41) is 2.38. The second kappa shape index (κ2) is 14.6. The quantitative estimate of drug-likeness (QED) is 0.147. The lowest BCUT2D eigenvalue weighted by atomic mass is 9.85. The van der Waals surface area contributed by atoms with Gasteiger partial charge in [-0.2, -0.15) is 0 Å². The van der Waals surface area contributed by atoms with Crippen LogP contribution in [0.2, 0.25) is 0 Å². The van der Waals surface area contributed by atoms with Gasteiger partial charge in [0, 0.05) is 41.3 Å². The molecule has 0 N–H and O–H groups in total. The first-order valence-electron chi connectivity index (χ1n) is 20.2. The van der Waals surface area contributed by atoms with Crippen molar-refractivity contribution in [3.8, 4) is 28.4 Å². The number of hydrogen-bond acceptors (Lipinski definition) is 4. The molecule has 5 nitrogen and oxygen atoms in total. The lowest BCUT2D eigenvalue weighted by Gasteiger charge is -2.24. The van der Waals surface area contributed by atoms with Crippen molar-refractivity contribution in [1.29, 1.82) is 0 Å². The van der Waals surface area contributed by atoms with Gasteiger partial charge in [0.2, 0.25) is 0 Å². The highest BCUT2D eigenvalue weighted by atomic mass is 16.5. The Morgan fingerprint density at radius 1 is 0.684 bits per heavy atom. The molecule has 1 aliphatic heterocycles. The van der Waals surface area contributed by atoms with Crippen molar-refractivity contribution in [1.82, 2.24) is 9.55 Å². The van der Waals surface area contributed by atoms with Gasteiger partial charge in [0.1, 0.15) is 17.3 Å². The van der Waals surface area contributed by atoms with E-state index in [9.17, 15) is 0 Å². The largest absolute Gasteiger partial charge is 0.457 e. The molecule has 9 rings (SSSR count). The minimum atomic E-state index is 0.116. The Morgan fingerprint density at radius 3 is 2.23 bits per heavy atom. The van der Waals surface area contributed by atoms with Crippen LogP contribution in [0.3, 0.4) is 0 Å². The summed E-state index contributed by atoms with van der Waals surface area (Å²) >= 11 is 0. The number of anilines is 3. The molecular weight excluding hydrogens is 697 g/mol. The molecule has 0 spiro atoms. The summed E-state index contributed by atoms with van der Waals surface area (Å²) in [5.41, 5.74) is 13.7. The Balaban J connectivity index is 1.02. The topological polar surface area (TPSA) is 33.5 Å². The summed E-state index contributed by atoms with van der Waals surface area (Å²) in [5.74, 6) is 3.07. The summed E-state index contributed by atoms with van der Waals surface area (Å²) in [6.07, 6.45) is 2.94. The highest BCUT2D eigenvalue weighted by Crippen LogP contribution is 2.43. The van der Waals surface area contributed by atoms with Gasteiger partial charge in [0.05, 0.1) is 29.1 Å². The zero-order chi connectivity index (χ0) is 39.3. The van der Waals surface area contributed by atoms with Gasteiger partial charge < -0.3 is 14.5 Å². The molecule has 6 aromatic carbocycles. The number of fused-ring (bicyclic) bond motifs is 4. The monoisotopic (exact) mass is 746 g/mol. The molecule has 0 unspecified atom stereocenters. The Morgan fingerprint density at radius 2 is 1.42 bits per heavy atom. The summed E-state index contributed by atoms with van der Waals surface area (Å²) in [4.78, 5) is 9.74. The number of hydrogen-bond donors (Lipinski definition) is 0. The van der Waals surface area contributed by atoms with Gasteiger partial charge in [-0.25, -0.2) is 4.98 Å². The zero-order valence-corrected chi connectivity index (χ0v) is 33.8. The SMILES string of the molecule is Cc1cccc(CN2CN(c3cccc(Oc4ccc5c6ccccc6n(-c6cc(CC(C)C)ccn6)c5c4)c3)c3ccccc32)c1-c1ccc(C(C)(C)C)cc1. The molecule has 0 fully saturated rings. The van der Waals surface area contributed by atoms with Crippen LogP contribution in [0.15, 0.2) is 152 Å². The van der Waals surface area contributed by atoms with E-state index in [2.05, 4.69) is 195 Å². The highest BCUT2D eigenvalue weighted by Gasteiger charge is 2.28. The van der Waals surface area contributed by atoms with Crippen LogP contribution in [0.4, 0.5) is 17.1 Å². The Hall–Kier alpha value is -6.33. The maximum absolute atomic E-state index is 6.69. The molecule has 57 heavy (non-hydrogen) atoms. The molecule has 0 bridgehead atoms. The highest BCUT2D eigenvalue weighted by molar-refractivity contribution is 6.09. The molecule has 0 saturated carbocycles. The fourth-order valence-corrected chi connectivity index (χ4v) is 8.55. The number of pyridine rings is 1. The Labute approximate surface area is 336 Å². The average Bonchev–Trinajstić information content (AvgIpc) is 3.73. The van der Waals surface area contributed by atoms with E-state index in [0.29, 0.717) is 5.92 Å². The summed E-state index contributed by atoms with van der Waals surface area (Å²) in [7, 11) is 0. The van der Waals surface area contributed by atoms with E-state index < -0.39 is 0 Å². The zero-order valence-electron chi connectivity index (χ0n) is 33.8. The molecule has 0 radical (unpaired) electrons. The van der Waals surface area contributed by atoms with Crippen LogP contribution in [0.25, 0.3) is 38.8 Å². The predicted octanol–water partition coefficient (Wildman–Crippen LogP) is 13.6. The summed E-state index contributed by atoms with van der Waals surface area (Å²) in [6.45, 7) is 15.1. The van der Waals surface area contributed by atoms with E-state index >= 15 is 0 Å². The first-order chi connectivity index (χ1) is 27.6. The van der Waals surface area contributed by atoms with E-state index in [4.69, 9.17) is 9.72 Å². The molecule has 8 aromatic rings. The van der Waals surface area contributed by atoms with E-state index in [-0.39, 0.29) is 5.41 Å². The first-order valence-corrected chi connectivity index (χ1v) is 20.2. The Kier molecular flexibility index (Phi) is 9.32. The van der Waals surface area contributed by atoms with Crippen LogP contribution in [0, 0.1) is 12.8 Å². The predicted molar refractivity (Wildman–Crippen MR) is 239 cm³/mol. The van der Waals surface area contributed by atoms with Crippen LogP contribution in [0.1, 0.15) is 56.9 Å². The second-order valence-electron chi connectivity index (χ2n) is 16.9. The minimum absolute atomic E-state index is 0.116. The number of aromatic nitrogens is 2. The third kappa shape index (κ3) is 7.03. The molecule has 1 aliphatic rings. The number of nitrogens with zero attached hydrogens (tertiary/aromatic N) is 4. The molecular formula is C52H50N4O. The van der Waals surface area contributed by atoms with Gasteiger partial charge in [0.25, 0.3) is 0 Å². The van der Waals surface area contributed by atoms with Gasteiger partial charge in [-0.05, 0) is 113 Å². The molecule has 2 aromatic heterocycles. The molecule has 0 atom stereocenters. The van der Waals surface area contributed by atoms with Crippen molar-refractivity contribution in [3.05, 3.63) is 174 Å². The number of ether oxygens (including phenoxy) is 1. The fraction of sp³-hybridized carbons (Fsp3) is 0.212. The van der Waals surface area contributed by atoms with Crippen LogP contribution in [-0.4, -0.2) is 16.2 Å². The molecule has 0 amide bonds. The fourth-order valence-electron chi connectivity index (χ4n) is 8.55. The molecule has 5 heteroatoms. The van der Waals surface area contributed by atoms with Gasteiger partial charge in [0.15, 0.2) is 0 Å². The lowest BCUT2D eigenvalue weighted by molar-refractivity contribution is 0.483. The number of benzene rings is 6. The van der Waals surface area contributed by atoms with Crippen molar-refractivity contribution in [2.45, 2.75) is 59.9 Å². The van der Waals surface area contributed by atoms with Crippen LogP contribution < -0.4 is 14.5 Å². The van der Waals surface area contributed by atoms with E-state index in [1.807, 2.05) is 12.3 Å². The van der Waals surface area contributed by atoms with Crippen molar-refractivity contribution in [2.75, 3.05) is 16.5 Å². The van der Waals surface area contributed by atoms with Crippen LogP contribution in [0.5, 0.6) is 11.5 Å². The van der Waals surface area contributed by atoms with E-state index in [1.54, 1.807) is 0 Å².